The molecule has 0 saturated carbocycles. The molecular formula is C46H67FN6O12S. The summed E-state index contributed by atoms with van der Waals surface area (Å²) < 4.78 is 55.4. The van der Waals surface area contributed by atoms with Gasteiger partial charge in [0.05, 0.1) is 42.8 Å². The highest BCUT2D eigenvalue weighted by Gasteiger charge is 2.56. The minimum absolute atomic E-state index is 0.0170. The van der Waals surface area contributed by atoms with Gasteiger partial charge in [-0.2, -0.15) is 0 Å². The van der Waals surface area contributed by atoms with Crippen molar-refractivity contribution in [1.82, 2.24) is 20.2 Å². The van der Waals surface area contributed by atoms with Crippen LogP contribution in [-0.2, 0) is 59.0 Å². The number of nitrogens with one attached hydrogen (secondary N) is 1. The predicted octanol–water partition coefficient (Wildman–Crippen LogP) is 5.06. The number of oxime groups is 1. The molecule has 3 aliphatic heterocycles. The number of hydrogen-bond acceptors (Lipinski definition) is 18. The number of pyridine rings is 1. The number of amides is 1. The van der Waals surface area contributed by atoms with Gasteiger partial charge in [-0.15, -0.1) is 11.3 Å². The Labute approximate surface area is 390 Å². The molecule has 0 aromatic carbocycles. The molecule has 2 bridgehead atoms. The van der Waals surface area contributed by atoms with Crippen LogP contribution in [-0.4, -0.2) is 136 Å². The van der Waals surface area contributed by atoms with E-state index in [2.05, 4.69) is 20.4 Å². The van der Waals surface area contributed by atoms with Crippen LogP contribution in [0.2, 0.25) is 0 Å². The highest BCUT2D eigenvalue weighted by atomic mass is 32.1. The number of ketones is 1. The van der Waals surface area contributed by atoms with Gasteiger partial charge in [-0.3, -0.25) is 14.4 Å². The molecule has 18 nitrogen and oxygen atoms in total. The van der Waals surface area contributed by atoms with Crippen molar-refractivity contribution in [2.75, 3.05) is 33.0 Å². The number of aromatic nitrogens is 2. The highest BCUT2D eigenvalue weighted by Crippen LogP contribution is 2.42. The fraction of sp³-hybridized carbons (Fsp3) is 0.674. The molecule has 0 aliphatic carbocycles. The maximum atomic E-state index is 17.1. The second-order valence-corrected chi connectivity index (χ2v) is 19.2. The second-order valence-electron chi connectivity index (χ2n) is 18.3. The molecule has 2 aromatic heterocycles. The fourth-order valence-electron chi connectivity index (χ4n) is 9.05. The number of rotatable bonds is 11. The number of nitrogen functional groups attached to an aromatic ring is 1. The van der Waals surface area contributed by atoms with Gasteiger partial charge in [-0.1, -0.05) is 38.9 Å². The molecule has 0 unspecified atom stereocenters. The molecular weight excluding hydrogens is 880 g/mol. The normalized spacial score (nSPS) is 34.5. The number of aliphatic hydroxyl groups is 1. The Bertz CT molecular complexity index is 2130. The van der Waals surface area contributed by atoms with Gasteiger partial charge in [0.15, 0.2) is 24.8 Å². The van der Waals surface area contributed by atoms with E-state index in [9.17, 15) is 24.3 Å². The molecule has 4 N–H and O–H groups in total. The van der Waals surface area contributed by atoms with Gasteiger partial charge in [-0.25, -0.2) is 19.2 Å². The zero-order valence-corrected chi connectivity index (χ0v) is 40.9. The molecule has 5 rings (SSSR count). The van der Waals surface area contributed by atoms with Crippen molar-refractivity contribution in [2.24, 2.45) is 17.0 Å². The predicted molar refractivity (Wildman–Crippen MR) is 242 cm³/mol. The molecule has 366 valence electrons. The van der Waals surface area contributed by atoms with E-state index in [1.165, 1.54) is 32.1 Å². The Morgan fingerprint density at radius 2 is 1.83 bits per heavy atom. The Kier molecular flexibility index (Phi) is 17.2. The van der Waals surface area contributed by atoms with E-state index < -0.39 is 89.3 Å². The number of carbonyl (C=O) groups excluding carboxylic acids is 4. The van der Waals surface area contributed by atoms with Crippen molar-refractivity contribution in [3.63, 3.8) is 0 Å². The minimum atomic E-state index is -3.26. The summed E-state index contributed by atoms with van der Waals surface area (Å²) in [6.45, 7) is 14.5. The van der Waals surface area contributed by atoms with Crippen LogP contribution in [0.3, 0.4) is 0 Å². The van der Waals surface area contributed by atoms with Gasteiger partial charge in [0.2, 0.25) is 5.91 Å². The summed E-state index contributed by atoms with van der Waals surface area (Å²) in [7, 11) is 3.65. The smallest absolute Gasteiger partial charge is 0.351 e. The van der Waals surface area contributed by atoms with E-state index in [1.807, 2.05) is 32.8 Å². The molecule has 20 heteroatoms. The first kappa shape index (κ1) is 52.5. The zero-order chi connectivity index (χ0) is 48.9. The number of alkyl halides is 1. The molecule has 1 fully saturated rings. The van der Waals surface area contributed by atoms with Crippen LogP contribution in [0.4, 0.5) is 10.2 Å². The number of likely N-dealkylation sites (N-methyl/N-ethyl adjacent to an activating group) is 1. The first-order valence-corrected chi connectivity index (χ1v) is 23.2. The maximum Gasteiger partial charge on any atom is 0.351 e. The lowest BCUT2D eigenvalue weighted by Crippen LogP contribution is -2.61. The van der Waals surface area contributed by atoms with Crippen molar-refractivity contribution >= 4 is 46.5 Å². The van der Waals surface area contributed by atoms with Crippen LogP contribution in [0.25, 0.3) is 10.7 Å². The Morgan fingerprint density at radius 3 is 2.47 bits per heavy atom. The molecule has 1 amide bonds. The maximum absolute atomic E-state index is 17.1. The minimum Gasteiger partial charge on any atom is -0.457 e. The number of cyclic esters (lactones) is 1. The third-order valence-electron chi connectivity index (χ3n) is 12.5. The number of anilines is 1. The third kappa shape index (κ3) is 12.0. The summed E-state index contributed by atoms with van der Waals surface area (Å²) in [6, 6.07) is 4.84. The molecule has 2 aromatic rings. The van der Waals surface area contributed by atoms with Crippen molar-refractivity contribution in [3.05, 3.63) is 40.5 Å². The molecule has 5 heterocycles. The van der Waals surface area contributed by atoms with Crippen molar-refractivity contribution in [3.8, 4) is 10.7 Å². The monoisotopic (exact) mass is 946 g/mol. The molecule has 3 aliphatic rings. The molecule has 1 saturated heterocycles. The summed E-state index contributed by atoms with van der Waals surface area (Å²) in [6.07, 6.45) is -6.47. The lowest BCUT2D eigenvalue weighted by molar-refractivity contribution is -0.299. The van der Waals surface area contributed by atoms with Crippen molar-refractivity contribution in [2.45, 2.75) is 161 Å². The number of esters is 2. The number of allylic oxidation sites excluding steroid dienone is 1. The van der Waals surface area contributed by atoms with Crippen LogP contribution < -0.4 is 11.1 Å². The summed E-state index contributed by atoms with van der Waals surface area (Å²) in [4.78, 5) is 71.3. The summed E-state index contributed by atoms with van der Waals surface area (Å²) in [5.74, 6) is -5.46. The second kappa shape index (κ2) is 21.7. The van der Waals surface area contributed by atoms with Crippen molar-refractivity contribution in [1.29, 1.82) is 0 Å². The van der Waals surface area contributed by atoms with Crippen LogP contribution in [0.5, 0.6) is 0 Å². The van der Waals surface area contributed by atoms with E-state index in [0.29, 0.717) is 39.9 Å². The van der Waals surface area contributed by atoms with Crippen LogP contribution in [0, 0.1) is 11.8 Å². The molecule has 0 spiro atoms. The largest absolute Gasteiger partial charge is 0.457 e. The first-order valence-electron chi connectivity index (χ1n) is 22.4. The number of fused-ring (bicyclic) bond motifs is 4. The van der Waals surface area contributed by atoms with Gasteiger partial charge >= 0.3 is 11.9 Å². The van der Waals surface area contributed by atoms with Crippen LogP contribution in [0.1, 0.15) is 101 Å². The standard InChI is InChI=1S/C46H67FN6O12S/c1-13-33-46(10,58)40-26(5)36(51-35(55)14-2)24(3)19-44(8,60-21-29(20-59-40)52-61-22-30-23-66-41(49-30)31-16-15-17-34(48)50-31)39(27(6)38(56)45(9,47)43(57)64-33)65-42-37(63-28(7)54)32(53(11)12)18-25(4)62-42/h15-17,23-25,27,32-33,37,39-40,42,58H,13-14,18-22H2,1-12H3,(H2,48,50)(H,51,55)/t24-,25-,27+,32+,33-,37-,39-,40-,42+,44-,45+,46-/m1/s1. The highest BCUT2D eigenvalue weighted by molar-refractivity contribution is 7.13. The van der Waals surface area contributed by atoms with Gasteiger partial charge in [-0.05, 0) is 91.6 Å². The lowest BCUT2D eigenvalue weighted by Gasteiger charge is -2.48. The number of Topliss-reactive ketones (excluding diaryl/α,β-unsaturated/α-hetero) is 1. The molecule has 66 heavy (non-hydrogen) atoms. The number of halogens is 1. The van der Waals surface area contributed by atoms with Gasteiger partial charge in [0.25, 0.3) is 5.67 Å². The average Bonchev–Trinajstić information content (AvgIpc) is 3.73. The topological polar surface area (TPSA) is 233 Å². The number of ether oxygens (including phenoxy) is 6. The molecule has 12 atom stereocenters. The Balaban J connectivity index is 1.70. The Hall–Kier alpha value is -4.44. The third-order valence-corrected chi connectivity index (χ3v) is 13.4. The number of carbonyl (C=O) groups is 4. The summed E-state index contributed by atoms with van der Waals surface area (Å²) in [5, 5.41) is 22.4. The average molecular weight is 947 g/mol. The SMILES string of the molecule is CCC(=O)NC1=C(C)[C@H]2OCC(=NOCc3csc(-c4cccc(N)n4)n3)CO[C@](C)(C[C@H]1C)[C@H](O[C@@H]1O[C@H](C)C[C@H](N(C)C)[C@H]1OC(C)=O)[C@@H](C)C(=O)[C@](C)(F)C(=O)O[C@H](CC)[C@@]2(C)O. The Morgan fingerprint density at radius 1 is 1.12 bits per heavy atom. The number of nitrogens with two attached hydrogens (primary N) is 1. The first-order chi connectivity index (χ1) is 30.9. The van der Waals surface area contributed by atoms with Gasteiger partial charge in [0, 0.05) is 30.3 Å². The van der Waals surface area contributed by atoms with E-state index in [1.54, 1.807) is 51.3 Å². The summed E-state index contributed by atoms with van der Waals surface area (Å²) in [5.41, 5.74) is 0.959. The van der Waals surface area contributed by atoms with E-state index in [4.69, 9.17) is 39.0 Å². The van der Waals surface area contributed by atoms with Gasteiger partial charge < -0.3 is 54.3 Å². The zero-order valence-electron chi connectivity index (χ0n) is 40.0. The van der Waals surface area contributed by atoms with E-state index in [-0.39, 0.29) is 50.7 Å². The summed E-state index contributed by atoms with van der Waals surface area (Å²) >= 11 is 1.34. The number of nitrogens with zero attached hydrogens (tertiary/aromatic N) is 4. The van der Waals surface area contributed by atoms with E-state index >= 15 is 4.39 Å². The number of hydrogen-bond donors (Lipinski definition) is 3. The fourth-order valence-corrected chi connectivity index (χ4v) is 9.82. The quantitative estimate of drug-likeness (QED) is 0.152. The van der Waals surface area contributed by atoms with Crippen molar-refractivity contribution < 1.29 is 61.9 Å². The van der Waals surface area contributed by atoms with Crippen LogP contribution in [0.15, 0.2) is 40.0 Å². The van der Waals surface area contributed by atoms with Gasteiger partial charge in [0.1, 0.15) is 40.0 Å². The van der Waals surface area contributed by atoms with E-state index in [0.717, 1.165) is 6.92 Å². The molecule has 0 radical (unpaired) electrons. The lowest BCUT2D eigenvalue weighted by atomic mass is 9.76. The number of thiazole rings is 1. The van der Waals surface area contributed by atoms with Crippen LogP contribution >= 0.6 is 11.3 Å².